The minimum Gasteiger partial charge on any atom is -0.481 e. The van der Waals surface area contributed by atoms with Crippen LogP contribution >= 0.6 is 15.9 Å². The first-order chi connectivity index (χ1) is 3.63. The van der Waals surface area contributed by atoms with E-state index in [0.29, 0.717) is 11.2 Å². The second-order valence-corrected chi connectivity index (χ2v) is 3.28. The molecule has 0 radical (unpaired) electrons. The largest absolute Gasteiger partial charge is 0.481 e. The Morgan fingerprint density at radius 2 is 2.38 bits per heavy atom. The molecule has 0 aromatic rings. The van der Waals surface area contributed by atoms with Crippen molar-refractivity contribution in [3.63, 3.8) is 0 Å². The van der Waals surface area contributed by atoms with Crippen molar-refractivity contribution >= 4 is 21.9 Å². The van der Waals surface area contributed by atoms with Gasteiger partial charge in [-0.2, -0.15) is 0 Å². The number of hydrogen-bond donors (Lipinski definition) is 1. The number of rotatable bonds is 3. The van der Waals surface area contributed by atoms with Crippen molar-refractivity contribution in [3.8, 4) is 0 Å². The number of carboxylic acid groups (broad SMARTS) is 1. The maximum absolute atomic E-state index is 9.88. The third kappa shape index (κ3) is 5.95. The molecule has 0 aromatic heterocycles. The summed E-state index contributed by atoms with van der Waals surface area (Å²) in [5.74, 6) is -0.726. The van der Waals surface area contributed by atoms with Gasteiger partial charge < -0.3 is 5.11 Å². The summed E-state index contributed by atoms with van der Waals surface area (Å²) in [6.07, 6.45) is 0.960. The maximum atomic E-state index is 9.88. The summed E-state index contributed by atoms with van der Waals surface area (Å²) in [6.45, 7) is 1.93. The first-order valence-corrected chi connectivity index (χ1v) is 3.40. The van der Waals surface area contributed by atoms with Gasteiger partial charge in [0.2, 0.25) is 0 Å². The molecule has 0 aliphatic rings. The average Bonchev–Trinajstić information content (AvgIpc) is 1.61. The van der Waals surface area contributed by atoms with E-state index in [4.69, 9.17) is 5.11 Å². The second-order valence-electron chi connectivity index (χ2n) is 1.71. The van der Waals surface area contributed by atoms with E-state index >= 15 is 0 Å². The molecule has 0 heterocycles. The molecule has 0 saturated carbocycles. The Hall–Kier alpha value is -0.0500. The summed E-state index contributed by atoms with van der Waals surface area (Å²) in [4.78, 5) is 10.2. The lowest BCUT2D eigenvalue weighted by atomic mass is 10.3. The average molecular weight is 181 g/mol. The highest BCUT2D eigenvalue weighted by molar-refractivity contribution is 9.09. The van der Waals surface area contributed by atoms with Crippen LogP contribution in [-0.2, 0) is 4.79 Å². The Kier molecular flexibility index (Phi) is 3.87. The Labute approximate surface area is 57.0 Å². The molecular weight excluding hydrogens is 172 g/mol. The Bertz CT molecular complexity index is 80.5. The van der Waals surface area contributed by atoms with E-state index in [-0.39, 0.29) is 6.42 Å². The highest BCUT2D eigenvalue weighted by Gasteiger charge is 1.99. The van der Waals surface area contributed by atoms with E-state index in [1.807, 2.05) is 6.92 Å². The highest BCUT2D eigenvalue weighted by atomic mass is 79.9. The first kappa shape index (κ1) is 7.95. The maximum Gasteiger partial charge on any atom is 0.303 e. The van der Waals surface area contributed by atoms with E-state index < -0.39 is 5.97 Å². The summed E-state index contributed by atoms with van der Waals surface area (Å²) >= 11 is 3.24. The van der Waals surface area contributed by atoms with Crippen LogP contribution in [0.15, 0.2) is 0 Å². The van der Waals surface area contributed by atoms with Crippen LogP contribution in [0.25, 0.3) is 0 Å². The summed E-state index contributed by atoms with van der Waals surface area (Å²) in [5.41, 5.74) is 0. The molecule has 0 aromatic carbocycles. The lowest BCUT2D eigenvalue weighted by molar-refractivity contribution is -0.137. The van der Waals surface area contributed by atoms with Crippen molar-refractivity contribution in [3.05, 3.63) is 0 Å². The minimum absolute atomic E-state index is 0.256. The van der Waals surface area contributed by atoms with Gasteiger partial charge in [-0.3, -0.25) is 4.79 Å². The van der Waals surface area contributed by atoms with E-state index in [9.17, 15) is 4.79 Å². The van der Waals surface area contributed by atoms with Crippen molar-refractivity contribution in [2.75, 3.05) is 0 Å². The topological polar surface area (TPSA) is 37.3 Å². The van der Waals surface area contributed by atoms with Crippen LogP contribution in [0.3, 0.4) is 0 Å². The number of hydrogen-bond acceptors (Lipinski definition) is 1. The summed E-state index contributed by atoms with van der Waals surface area (Å²) in [6, 6.07) is 0. The number of carboxylic acids is 1. The minimum atomic E-state index is -0.726. The van der Waals surface area contributed by atoms with Crippen molar-refractivity contribution < 1.29 is 9.90 Å². The SMILES string of the molecule is C[C@@H](Br)CCC(=O)O. The third-order valence-corrected chi connectivity index (χ3v) is 1.21. The molecule has 48 valence electrons. The van der Waals surface area contributed by atoms with E-state index in [1.165, 1.54) is 0 Å². The Morgan fingerprint density at radius 3 is 2.50 bits per heavy atom. The van der Waals surface area contributed by atoms with Crippen molar-refractivity contribution in [1.29, 1.82) is 0 Å². The van der Waals surface area contributed by atoms with Crippen molar-refractivity contribution in [2.24, 2.45) is 0 Å². The molecule has 2 nitrogen and oxygen atoms in total. The molecule has 1 atom stereocenters. The monoisotopic (exact) mass is 180 g/mol. The fourth-order valence-electron chi connectivity index (χ4n) is 0.322. The van der Waals surface area contributed by atoms with Crippen LogP contribution in [-0.4, -0.2) is 15.9 Å². The van der Waals surface area contributed by atoms with Crippen LogP contribution in [0.4, 0.5) is 0 Å². The molecule has 0 aliphatic carbocycles. The number of aliphatic carboxylic acids is 1. The van der Waals surface area contributed by atoms with Gasteiger partial charge in [0.1, 0.15) is 0 Å². The quantitative estimate of drug-likeness (QED) is 0.672. The van der Waals surface area contributed by atoms with Gasteiger partial charge in [0.15, 0.2) is 0 Å². The van der Waals surface area contributed by atoms with E-state index in [0.717, 1.165) is 0 Å². The van der Waals surface area contributed by atoms with E-state index in [1.54, 1.807) is 0 Å². The van der Waals surface area contributed by atoms with Crippen LogP contribution in [0.5, 0.6) is 0 Å². The molecule has 0 bridgehead atoms. The number of carbonyl (C=O) groups is 1. The van der Waals surface area contributed by atoms with Gasteiger partial charge in [-0.05, 0) is 6.42 Å². The molecular formula is C5H9BrO2. The fourth-order valence-corrected chi connectivity index (χ4v) is 0.551. The molecule has 3 heteroatoms. The summed E-state index contributed by atoms with van der Waals surface area (Å²) in [5, 5.41) is 8.14. The Morgan fingerprint density at radius 1 is 1.88 bits per heavy atom. The van der Waals surface area contributed by atoms with Crippen molar-refractivity contribution in [2.45, 2.75) is 24.6 Å². The fraction of sp³-hybridized carbons (Fsp3) is 0.800. The zero-order valence-electron chi connectivity index (χ0n) is 4.72. The Balaban J connectivity index is 3.05. The highest BCUT2D eigenvalue weighted by Crippen LogP contribution is 2.05. The molecule has 0 amide bonds. The molecule has 8 heavy (non-hydrogen) atoms. The molecule has 0 fully saturated rings. The third-order valence-electron chi connectivity index (χ3n) is 0.756. The first-order valence-electron chi connectivity index (χ1n) is 2.49. The lowest BCUT2D eigenvalue weighted by Crippen LogP contribution is -1.98. The summed E-state index contributed by atoms with van der Waals surface area (Å²) in [7, 11) is 0. The molecule has 0 spiro atoms. The van der Waals surface area contributed by atoms with Crippen molar-refractivity contribution in [1.82, 2.24) is 0 Å². The zero-order valence-corrected chi connectivity index (χ0v) is 6.31. The van der Waals surface area contributed by atoms with Crippen LogP contribution in [0.2, 0.25) is 0 Å². The molecule has 1 N–H and O–H groups in total. The van der Waals surface area contributed by atoms with Gasteiger partial charge in [-0.15, -0.1) is 0 Å². The smallest absolute Gasteiger partial charge is 0.303 e. The van der Waals surface area contributed by atoms with Gasteiger partial charge in [0.05, 0.1) is 0 Å². The predicted octanol–water partition coefficient (Wildman–Crippen LogP) is 1.63. The second kappa shape index (κ2) is 3.89. The molecule has 0 aliphatic heterocycles. The summed E-state index contributed by atoms with van der Waals surface area (Å²) < 4.78 is 0. The van der Waals surface area contributed by atoms with Gasteiger partial charge in [-0.25, -0.2) is 0 Å². The molecule has 0 saturated heterocycles. The lowest BCUT2D eigenvalue weighted by Gasteiger charge is -1.95. The van der Waals surface area contributed by atoms with Gasteiger partial charge in [0, 0.05) is 11.2 Å². The van der Waals surface area contributed by atoms with Gasteiger partial charge in [-0.1, -0.05) is 22.9 Å². The molecule has 0 unspecified atom stereocenters. The zero-order chi connectivity index (χ0) is 6.57. The standard InChI is InChI=1S/C5H9BrO2/c1-4(6)2-3-5(7)8/h4H,2-3H2,1H3,(H,7,8)/t4-/m1/s1. The number of alkyl halides is 1. The molecule has 0 rings (SSSR count). The van der Waals surface area contributed by atoms with E-state index in [2.05, 4.69) is 15.9 Å². The normalized spacial score (nSPS) is 13.2. The van der Waals surface area contributed by atoms with Crippen LogP contribution in [0.1, 0.15) is 19.8 Å². The predicted molar refractivity (Wildman–Crippen MR) is 35.3 cm³/mol. The number of halogens is 1. The van der Waals surface area contributed by atoms with Gasteiger partial charge >= 0.3 is 5.97 Å². The van der Waals surface area contributed by atoms with Crippen LogP contribution < -0.4 is 0 Å². The van der Waals surface area contributed by atoms with Crippen LogP contribution in [0, 0.1) is 0 Å². The van der Waals surface area contributed by atoms with Gasteiger partial charge in [0.25, 0.3) is 0 Å².